The molecule has 0 fully saturated rings. The lowest BCUT2D eigenvalue weighted by molar-refractivity contribution is -0.0502. The van der Waals surface area contributed by atoms with Gasteiger partial charge in [0.05, 0.1) is 11.1 Å². The van der Waals surface area contributed by atoms with Crippen LogP contribution in [0.15, 0.2) is 12.1 Å². The Morgan fingerprint density at radius 1 is 1.13 bits per heavy atom. The van der Waals surface area contributed by atoms with Gasteiger partial charge < -0.3 is 4.74 Å². The van der Waals surface area contributed by atoms with Gasteiger partial charge in [-0.15, -0.1) is 0 Å². The molecule has 0 bridgehead atoms. The monoisotopic (exact) mass is 218 g/mol. The molecule has 1 rings (SSSR count). The van der Waals surface area contributed by atoms with Gasteiger partial charge in [0.25, 0.3) is 0 Å². The molecule has 0 unspecified atom stereocenters. The van der Waals surface area contributed by atoms with E-state index in [-0.39, 0.29) is 18.1 Å². The molecular weight excluding hydrogens is 213 g/mol. The summed E-state index contributed by atoms with van der Waals surface area (Å²) in [6.45, 7) is -3.16. The van der Waals surface area contributed by atoms with Crippen LogP contribution in [0.4, 0.5) is 13.2 Å². The molecule has 1 aromatic rings. The molecule has 0 saturated carbocycles. The Morgan fingerprint density at radius 2 is 1.73 bits per heavy atom. The van der Waals surface area contributed by atoms with Crippen LogP contribution >= 0.6 is 0 Å². The van der Waals surface area contributed by atoms with Crippen molar-refractivity contribution in [3.8, 4) is 5.75 Å². The Kier molecular flexibility index (Phi) is 3.43. The summed E-state index contributed by atoms with van der Waals surface area (Å²) in [6.07, 6.45) is 0.374. The Morgan fingerprint density at radius 3 is 2.20 bits per heavy atom. The van der Waals surface area contributed by atoms with E-state index in [0.717, 1.165) is 6.07 Å². The Hall–Kier alpha value is -1.85. The van der Waals surface area contributed by atoms with E-state index in [9.17, 15) is 22.8 Å². The third-order valence-electron chi connectivity index (χ3n) is 1.60. The molecule has 0 heterocycles. The van der Waals surface area contributed by atoms with Gasteiger partial charge >= 0.3 is 6.61 Å². The quantitative estimate of drug-likeness (QED) is 0.726. The highest BCUT2D eigenvalue weighted by Crippen LogP contribution is 2.22. The van der Waals surface area contributed by atoms with Gasteiger partial charge in [0.1, 0.15) is 11.6 Å². The van der Waals surface area contributed by atoms with Crippen LogP contribution in [0.5, 0.6) is 5.75 Å². The van der Waals surface area contributed by atoms with Crippen LogP contribution in [0.2, 0.25) is 0 Å². The Bertz CT molecular complexity index is 390. The minimum atomic E-state index is -3.16. The zero-order chi connectivity index (χ0) is 11.4. The molecule has 80 valence electrons. The topological polar surface area (TPSA) is 43.4 Å². The van der Waals surface area contributed by atoms with Crippen molar-refractivity contribution in [3.05, 3.63) is 29.1 Å². The Balaban J connectivity index is 3.20. The SMILES string of the molecule is O=Cc1cc(C=O)c(OC(F)F)cc1F. The van der Waals surface area contributed by atoms with Crippen LogP contribution in [0.25, 0.3) is 0 Å². The summed E-state index contributed by atoms with van der Waals surface area (Å²) in [6, 6.07) is 1.41. The number of aldehydes is 2. The largest absolute Gasteiger partial charge is 0.434 e. The molecule has 0 amide bonds. The lowest BCUT2D eigenvalue weighted by Gasteiger charge is -2.07. The first-order valence-corrected chi connectivity index (χ1v) is 3.77. The van der Waals surface area contributed by atoms with Crippen LogP contribution < -0.4 is 4.74 Å². The molecule has 0 saturated heterocycles. The van der Waals surface area contributed by atoms with Gasteiger partial charge in [0.2, 0.25) is 0 Å². The standard InChI is InChI=1S/C9H5F3O3/c10-7-2-8(15-9(11)12)6(4-14)1-5(7)3-13/h1-4,9H. The van der Waals surface area contributed by atoms with Crippen LogP contribution in [-0.4, -0.2) is 19.2 Å². The minimum absolute atomic E-state index is 0.175. The van der Waals surface area contributed by atoms with Crippen LogP contribution in [0.3, 0.4) is 0 Å². The van der Waals surface area contributed by atoms with Gasteiger partial charge in [-0.25, -0.2) is 4.39 Å². The number of rotatable bonds is 4. The molecule has 0 aromatic heterocycles. The van der Waals surface area contributed by atoms with Crippen LogP contribution in [0.1, 0.15) is 20.7 Å². The first-order valence-electron chi connectivity index (χ1n) is 3.77. The number of carbonyl (C=O) groups is 2. The van der Waals surface area contributed by atoms with Gasteiger partial charge in [0, 0.05) is 6.07 Å². The van der Waals surface area contributed by atoms with Crippen molar-refractivity contribution < 1.29 is 27.5 Å². The number of carbonyl (C=O) groups excluding carboxylic acids is 2. The number of alkyl halides is 2. The van der Waals surface area contributed by atoms with E-state index in [1.54, 1.807) is 0 Å². The van der Waals surface area contributed by atoms with E-state index < -0.39 is 23.7 Å². The second kappa shape index (κ2) is 4.59. The van der Waals surface area contributed by atoms with Gasteiger partial charge in [-0.2, -0.15) is 8.78 Å². The summed E-state index contributed by atoms with van der Waals surface area (Å²) in [5, 5.41) is 0. The average molecular weight is 218 g/mol. The molecule has 1 aromatic carbocycles. The maximum Gasteiger partial charge on any atom is 0.387 e. The van der Waals surface area contributed by atoms with Gasteiger partial charge in [-0.1, -0.05) is 0 Å². The predicted molar refractivity (Wildman–Crippen MR) is 43.8 cm³/mol. The number of hydrogen-bond acceptors (Lipinski definition) is 3. The lowest BCUT2D eigenvalue weighted by Crippen LogP contribution is -2.05. The minimum Gasteiger partial charge on any atom is -0.434 e. The van der Waals surface area contributed by atoms with Crippen molar-refractivity contribution in [2.75, 3.05) is 0 Å². The summed E-state index contributed by atoms with van der Waals surface area (Å²) in [7, 11) is 0. The van der Waals surface area contributed by atoms with Crippen molar-refractivity contribution in [2.45, 2.75) is 6.61 Å². The number of halogens is 3. The molecule has 0 aliphatic rings. The maximum absolute atomic E-state index is 12.9. The summed E-state index contributed by atoms with van der Waals surface area (Å²) in [4.78, 5) is 20.7. The normalized spacial score (nSPS) is 10.1. The van der Waals surface area contributed by atoms with Crippen molar-refractivity contribution in [3.63, 3.8) is 0 Å². The predicted octanol–water partition coefficient (Wildman–Crippen LogP) is 2.05. The molecule has 6 heteroatoms. The van der Waals surface area contributed by atoms with Crippen molar-refractivity contribution >= 4 is 12.6 Å². The highest BCUT2D eigenvalue weighted by molar-refractivity contribution is 5.85. The van der Waals surface area contributed by atoms with Crippen LogP contribution in [0, 0.1) is 5.82 Å². The zero-order valence-electron chi connectivity index (χ0n) is 7.25. The molecule has 0 aliphatic heterocycles. The third kappa shape index (κ3) is 2.55. The first-order chi connectivity index (χ1) is 7.08. The molecule has 0 radical (unpaired) electrons. The molecule has 15 heavy (non-hydrogen) atoms. The van der Waals surface area contributed by atoms with Gasteiger partial charge in [-0.3, -0.25) is 9.59 Å². The fourth-order valence-electron chi connectivity index (χ4n) is 0.970. The van der Waals surface area contributed by atoms with Crippen molar-refractivity contribution in [1.29, 1.82) is 0 Å². The first kappa shape index (κ1) is 11.2. The van der Waals surface area contributed by atoms with Crippen LogP contribution in [-0.2, 0) is 0 Å². The third-order valence-corrected chi connectivity index (χ3v) is 1.60. The molecule has 0 aliphatic carbocycles. The van der Waals surface area contributed by atoms with E-state index in [4.69, 9.17) is 0 Å². The second-order valence-corrected chi connectivity index (χ2v) is 2.53. The molecule has 0 atom stereocenters. The summed E-state index contributed by atoms with van der Waals surface area (Å²) in [5.74, 6) is -1.62. The summed E-state index contributed by atoms with van der Waals surface area (Å²) >= 11 is 0. The molecule has 3 nitrogen and oxygen atoms in total. The summed E-state index contributed by atoms with van der Waals surface area (Å²) < 4.78 is 40.5. The van der Waals surface area contributed by atoms with Gasteiger partial charge in [-0.05, 0) is 6.07 Å². The number of hydrogen-bond donors (Lipinski definition) is 0. The summed E-state index contributed by atoms with van der Waals surface area (Å²) in [5.41, 5.74) is -0.697. The van der Waals surface area contributed by atoms with E-state index >= 15 is 0 Å². The molecular formula is C9H5F3O3. The van der Waals surface area contributed by atoms with E-state index in [0.29, 0.717) is 6.07 Å². The lowest BCUT2D eigenvalue weighted by atomic mass is 10.1. The maximum atomic E-state index is 12.9. The van der Waals surface area contributed by atoms with E-state index in [1.807, 2.05) is 0 Å². The zero-order valence-corrected chi connectivity index (χ0v) is 7.25. The fraction of sp³-hybridized carbons (Fsp3) is 0.111. The second-order valence-electron chi connectivity index (χ2n) is 2.53. The smallest absolute Gasteiger partial charge is 0.387 e. The Labute approximate surface area is 82.5 Å². The highest BCUT2D eigenvalue weighted by Gasteiger charge is 2.13. The van der Waals surface area contributed by atoms with Crippen molar-refractivity contribution in [1.82, 2.24) is 0 Å². The van der Waals surface area contributed by atoms with Crippen molar-refractivity contribution in [2.24, 2.45) is 0 Å². The average Bonchev–Trinajstić information content (AvgIpc) is 2.17. The number of ether oxygens (including phenoxy) is 1. The fourth-order valence-corrected chi connectivity index (χ4v) is 0.970. The molecule has 0 spiro atoms. The van der Waals surface area contributed by atoms with Gasteiger partial charge in [0.15, 0.2) is 12.6 Å². The van der Waals surface area contributed by atoms with E-state index in [2.05, 4.69) is 4.74 Å². The highest BCUT2D eigenvalue weighted by atomic mass is 19.3. The molecule has 0 N–H and O–H groups in total. The number of benzene rings is 1. The van der Waals surface area contributed by atoms with E-state index in [1.165, 1.54) is 0 Å².